The molecule has 2 aliphatic rings. The van der Waals surface area contributed by atoms with Crippen molar-refractivity contribution in [1.82, 2.24) is 0 Å². The van der Waals surface area contributed by atoms with Gasteiger partial charge in [0.15, 0.2) is 0 Å². The Labute approximate surface area is 103 Å². The standard InChI is InChI=1S/C15H27P/c1-2-13-16(14-9-5-3-6-10-14)15-11-7-4-8-12-15/h2,13-15H,3-12H2,1H3. The fourth-order valence-electron chi connectivity index (χ4n) is 3.47. The molecule has 2 aliphatic carbocycles. The van der Waals surface area contributed by atoms with Crippen LogP contribution < -0.4 is 0 Å². The first-order chi connectivity index (χ1) is 7.92. The second kappa shape index (κ2) is 6.80. The Morgan fingerprint density at radius 3 is 1.56 bits per heavy atom. The monoisotopic (exact) mass is 238 g/mol. The van der Waals surface area contributed by atoms with Crippen LogP contribution in [0.5, 0.6) is 0 Å². The molecule has 2 rings (SSSR count). The summed E-state index contributed by atoms with van der Waals surface area (Å²) in [5.41, 5.74) is 2.17. The average molecular weight is 238 g/mol. The molecule has 0 amide bonds. The molecule has 0 aliphatic heterocycles. The molecular weight excluding hydrogens is 211 g/mol. The van der Waals surface area contributed by atoms with Crippen LogP contribution in [0.15, 0.2) is 11.9 Å². The summed E-state index contributed by atoms with van der Waals surface area (Å²) >= 11 is 0. The summed E-state index contributed by atoms with van der Waals surface area (Å²) in [7, 11) is 0.222. The molecule has 0 heterocycles. The molecule has 0 atom stereocenters. The second-order valence-corrected chi connectivity index (χ2v) is 8.17. The fourth-order valence-corrected chi connectivity index (χ4v) is 6.82. The van der Waals surface area contributed by atoms with Gasteiger partial charge in [0.25, 0.3) is 0 Å². The van der Waals surface area contributed by atoms with E-state index in [0.29, 0.717) is 0 Å². The van der Waals surface area contributed by atoms with Gasteiger partial charge < -0.3 is 0 Å². The van der Waals surface area contributed by atoms with E-state index in [4.69, 9.17) is 0 Å². The summed E-state index contributed by atoms with van der Waals surface area (Å²) in [5.74, 6) is 2.61. The van der Waals surface area contributed by atoms with Crippen molar-refractivity contribution in [2.24, 2.45) is 0 Å². The van der Waals surface area contributed by atoms with E-state index in [1.54, 1.807) is 0 Å². The highest BCUT2D eigenvalue weighted by Gasteiger charge is 2.28. The quantitative estimate of drug-likeness (QED) is 0.556. The van der Waals surface area contributed by atoms with Crippen molar-refractivity contribution in [1.29, 1.82) is 0 Å². The van der Waals surface area contributed by atoms with Gasteiger partial charge in [0.2, 0.25) is 0 Å². The maximum absolute atomic E-state index is 2.61. The van der Waals surface area contributed by atoms with Crippen LogP contribution in [0.4, 0.5) is 0 Å². The van der Waals surface area contributed by atoms with Gasteiger partial charge in [-0.15, -0.1) is 0 Å². The second-order valence-electron chi connectivity index (χ2n) is 5.51. The number of allylic oxidation sites excluding steroid dienone is 1. The van der Waals surface area contributed by atoms with Gasteiger partial charge in [-0.25, -0.2) is 0 Å². The van der Waals surface area contributed by atoms with E-state index in [-0.39, 0.29) is 7.92 Å². The molecule has 0 saturated heterocycles. The minimum Gasteiger partial charge on any atom is -0.0872 e. The average Bonchev–Trinajstić information content (AvgIpc) is 2.38. The van der Waals surface area contributed by atoms with Gasteiger partial charge in [-0.1, -0.05) is 58.3 Å². The maximum atomic E-state index is 2.61. The molecule has 0 N–H and O–H groups in total. The van der Waals surface area contributed by atoms with E-state index in [9.17, 15) is 0 Å². The smallest absolute Gasteiger partial charge is 0.0172 e. The van der Waals surface area contributed by atoms with Crippen molar-refractivity contribution in [3.8, 4) is 0 Å². The van der Waals surface area contributed by atoms with Crippen molar-refractivity contribution in [2.45, 2.75) is 82.4 Å². The third kappa shape index (κ3) is 3.33. The lowest BCUT2D eigenvalue weighted by molar-refractivity contribution is 0.486. The van der Waals surface area contributed by atoms with Crippen LogP contribution in [0.1, 0.15) is 71.1 Å². The zero-order chi connectivity index (χ0) is 11.2. The van der Waals surface area contributed by atoms with Gasteiger partial charge in [0, 0.05) is 0 Å². The summed E-state index contributed by atoms with van der Waals surface area (Å²) in [6, 6.07) is 0. The van der Waals surface area contributed by atoms with Crippen molar-refractivity contribution < 1.29 is 0 Å². The van der Waals surface area contributed by atoms with Gasteiger partial charge in [-0.2, -0.15) is 0 Å². The lowest BCUT2D eigenvalue weighted by Crippen LogP contribution is -2.19. The Kier molecular flexibility index (Phi) is 5.36. The Morgan fingerprint density at radius 2 is 1.19 bits per heavy atom. The summed E-state index contributed by atoms with van der Waals surface area (Å²) < 4.78 is 0. The van der Waals surface area contributed by atoms with E-state index < -0.39 is 0 Å². The highest BCUT2D eigenvalue weighted by atomic mass is 31.1. The minimum absolute atomic E-state index is 0.222. The Morgan fingerprint density at radius 1 is 0.750 bits per heavy atom. The zero-order valence-corrected chi connectivity index (χ0v) is 11.7. The zero-order valence-electron chi connectivity index (χ0n) is 10.8. The summed E-state index contributed by atoms with van der Waals surface area (Å²) in [5, 5.41) is 0. The van der Waals surface area contributed by atoms with Crippen LogP contribution in [0.2, 0.25) is 0 Å². The SMILES string of the molecule is CC=CP(C1CCCCC1)C1CCCCC1. The minimum atomic E-state index is 0.222. The molecule has 1 heteroatoms. The van der Waals surface area contributed by atoms with Gasteiger partial charge in [-0.3, -0.25) is 0 Å². The molecule has 0 unspecified atom stereocenters. The van der Waals surface area contributed by atoms with E-state index in [1.807, 2.05) is 0 Å². The molecular formula is C15H27P. The van der Waals surface area contributed by atoms with E-state index >= 15 is 0 Å². The van der Waals surface area contributed by atoms with Crippen molar-refractivity contribution >= 4 is 7.92 Å². The molecule has 0 nitrogen and oxygen atoms in total. The first-order valence-corrected chi connectivity index (χ1v) is 8.87. The van der Waals surface area contributed by atoms with Crippen molar-refractivity contribution in [3.05, 3.63) is 11.9 Å². The first-order valence-electron chi connectivity index (χ1n) is 7.32. The molecule has 92 valence electrons. The molecule has 0 aromatic rings. The van der Waals surface area contributed by atoms with Crippen molar-refractivity contribution in [3.63, 3.8) is 0 Å². The third-order valence-corrected chi connectivity index (χ3v) is 7.68. The van der Waals surface area contributed by atoms with Gasteiger partial charge in [-0.05, 0) is 43.9 Å². The number of hydrogen-bond donors (Lipinski definition) is 0. The van der Waals surface area contributed by atoms with E-state index in [1.165, 1.54) is 64.2 Å². The largest absolute Gasteiger partial charge is 0.0872 e. The predicted octanol–water partition coefficient (Wildman–Crippen LogP) is 5.67. The van der Waals surface area contributed by atoms with E-state index in [2.05, 4.69) is 18.8 Å². The molecule has 0 aromatic carbocycles. The normalized spacial score (nSPS) is 25.6. The Bertz CT molecular complexity index is 191. The van der Waals surface area contributed by atoms with Crippen LogP contribution in [0, 0.1) is 0 Å². The summed E-state index contributed by atoms with van der Waals surface area (Å²) in [6.45, 7) is 2.22. The number of hydrogen-bond acceptors (Lipinski definition) is 0. The van der Waals surface area contributed by atoms with Crippen LogP contribution >= 0.6 is 7.92 Å². The third-order valence-electron chi connectivity index (χ3n) is 4.31. The lowest BCUT2D eigenvalue weighted by Gasteiger charge is -2.36. The molecule has 0 radical (unpaired) electrons. The fraction of sp³-hybridized carbons (Fsp3) is 0.867. The van der Waals surface area contributed by atoms with Crippen LogP contribution in [0.3, 0.4) is 0 Å². The van der Waals surface area contributed by atoms with Crippen LogP contribution in [0.25, 0.3) is 0 Å². The molecule has 0 bridgehead atoms. The van der Waals surface area contributed by atoms with Crippen LogP contribution in [-0.4, -0.2) is 11.3 Å². The van der Waals surface area contributed by atoms with Crippen LogP contribution in [-0.2, 0) is 0 Å². The summed E-state index contributed by atoms with van der Waals surface area (Å²) in [4.78, 5) is 0. The molecule has 0 aromatic heterocycles. The molecule has 2 saturated carbocycles. The maximum Gasteiger partial charge on any atom is -0.0172 e. The molecule has 0 spiro atoms. The topological polar surface area (TPSA) is 0 Å². The molecule has 2 fully saturated rings. The van der Waals surface area contributed by atoms with Crippen molar-refractivity contribution in [2.75, 3.05) is 0 Å². The number of rotatable bonds is 3. The van der Waals surface area contributed by atoms with Gasteiger partial charge in [0.05, 0.1) is 0 Å². The predicted molar refractivity (Wildman–Crippen MR) is 75.5 cm³/mol. The van der Waals surface area contributed by atoms with E-state index in [0.717, 1.165) is 11.3 Å². The molecule has 16 heavy (non-hydrogen) atoms. The highest BCUT2D eigenvalue weighted by Crippen LogP contribution is 2.56. The first kappa shape index (κ1) is 12.6. The van der Waals surface area contributed by atoms with Gasteiger partial charge in [0.1, 0.15) is 0 Å². The summed E-state index contributed by atoms with van der Waals surface area (Å²) in [6.07, 6.45) is 17.5. The van der Waals surface area contributed by atoms with Gasteiger partial charge >= 0.3 is 0 Å². The Hall–Kier alpha value is 0.170. The lowest BCUT2D eigenvalue weighted by atomic mass is 9.99. The highest BCUT2D eigenvalue weighted by molar-refractivity contribution is 7.62. The Balaban J connectivity index is 1.96.